The van der Waals surface area contributed by atoms with Gasteiger partial charge in [0.2, 0.25) is 0 Å². The van der Waals surface area contributed by atoms with Gasteiger partial charge in [-0.3, -0.25) is 0 Å². The van der Waals surface area contributed by atoms with Gasteiger partial charge < -0.3 is 10.2 Å². The summed E-state index contributed by atoms with van der Waals surface area (Å²) in [6.45, 7) is 15.5. The molecular weight excluding hydrogens is 380 g/mol. The monoisotopic (exact) mass is 426 g/mol. The lowest BCUT2D eigenvalue weighted by Crippen LogP contribution is -2.50. The molecule has 0 bridgehead atoms. The second-order valence-corrected chi connectivity index (χ2v) is 12.3. The summed E-state index contributed by atoms with van der Waals surface area (Å²) in [5.74, 6) is 3.74. The van der Waals surface area contributed by atoms with E-state index in [0.29, 0.717) is 22.7 Å². The molecule has 3 fully saturated rings. The van der Waals surface area contributed by atoms with Gasteiger partial charge in [-0.15, -0.1) is 0 Å². The van der Waals surface area contributed by atoms with Gasteiger partial charge in [-0.2, -0.15) is 0 Å². The molecule has 0 aliphatic heterocycles. The van der Waals surface area contributed by atoms with Gasteiger partial charge in [0.15, 0.2) is 0 Å². The molecule has 0 aromatic carbocycles. The van der Waals surface area contributed by atoms with Crippen LogP contribution in [0, 0.1) is 46.3 Å². The highest BCUT2D eigenvalue weighted by atomic mass is 16.3. The Morgan fingerprint density at radius 2 is 1.84 bits per heavy atom. The van der Waals surface area contributed by atoms with Crippen molar-refractivity contribution >= 4 is 0 Å². The number of hydrogen-bond acceptors (Lipinski definition) is 2. The number of aliphatic hydroxyl groups excluding tert-OH is 1. The minimum absolute atomic E-state index is 0.117. The average Bonchev–Trinajstić information content (AvgIpc) is 3.09. The summed E-state index contributed by atoms with van der Waals surface area (Å²) < 4.78 is 0. The van der Waals surface area contributed by atoms with Crippen molar-refractivity contribution in [3.05, 3.63) is 36.5 Å². The van der Waals surface area contributed by atoms with Crippen molar-refractivity contribution in [1.29, 1.82) is 0 Å². The molecule has 0 spiro atoms. The van der Waals surface area contributed by atoms with Crippen LogP contribution in [0.3, 0.4) is 0 Å². The van der Waals surface area contributed by atoms with Crippen LogP contribution >= 0.6 is 0 Å². The predicted molar refractivity (Wildman–Crippen MR) is 129 cm³/mol. The topological polar surface area (TPSA) is 40.5 Å². The molecule has 0 aromatic rings. The van der Waals surface area contributed by atoms with E-state index in [4.69, 9.17) is 0 Å². The standard InChI is InChI=1S/C29H46O2/c1-7-29(31,19(2)3)17-12-20(4)24-10-11-25-23-9-8-21-18-22(30)13-15-27(21,5)26(23)14-16-28(24,25)6/h7-8,12,17,19-20,22-26,30-31H,1,9-11,13-16,18H2,2-6H3. The fourth-order valence-electron chi connectivity index (χ4n) is 8.48. The number of rotatable bonds is 5. The predicted octanol–water partition coefficient (Wildman–Crippen LogP) is 6.69. The van der Waals surface area contributed by atoms with Crippen LogP contribution in [0.2, 0.25) is 0 Å². The van der Waals surface area contributed by atoms with Crippen molar-refractivity contribution in [3.8, 4) is 0 Å². The van der Waals surface area contributed by atoms with Crippen molar-refractivity contribution in [2.24, 2.45) is 46.3 Å². The van der Waals surface area contributed by atoms with E-state index in [1.54, 1.807) is 11.6 Å². The molecule has 0 saturated heterocycles. The van der Waals surface area contributed by atoms with E-state index >= 15 is 0 Å². The fourth-order valence-corrected chi connectivity index (χ4v) is 8.48. The van der Waals surface area contributed by atoms with Crippen LogP contribution in [-0.4, -0.2) is 21.9 Å². The minimum Gasteiger partial charge on any atom is -0.393 e. The maximum atomic E-state index is 10.9. The van der Waals surface area contributed by atoms with Crippen molar-refractivity contribution in [2.45, 2.75) is 97.7 Å². The van der Waals surface area contributed by atoms with Gasteiger partial charge in [-0.1, -0.05) is 71.1 Å². The number of fused-ring (bicyclic) bond motifs is 5. The fraction of sp³-hybridized carbons (Fsp3) is 0.793. The van der Waals surface area contributed by atoms with Crippen LogP contribution in [-0.2, 0) is 0 Å². The molecule has 2 nitrogen and oxygen atoms in total. The molecule has 3 saturated carbocycles. The highest BCUT2D eigenvalue weighted by Crippen LogP contribution is 2.67. The van der Waals surface area contributed by atoms with E-state index in [1.165, 1.54) is 38.5 Å². The van der Waals surface area contributed by atoms with E-state index < -0.39 is 5.60 Å². The van der Waals surface area contributed by atoms with Gasteiger partial charge in [0.1, 0.15) is 5.60 Å². The van der Waals surface area contributed by atoms with Crippen LogP contribution in [0.25, 0.3) is 0 Å². The number of allylic oxidation sites excluding steroid dienone is 2. The SMILES string of the molecule is C=CC(O)(C=CC(C)C1CCC2C3CC=C4CC(O)CCC4(C)C3CCC12C)C(C)C. The Hall–Kier alpha value is -0.860. The van der Waals surface area contributed by atoms with E-state index in [-0.39, 0.29) is 12.0 Å². The molecule has 4 rings (SSSR count). The molecule has 31 heavy (non-hydrogen) atoms. The zero-order valence-corrected chi connectivity index (χ0v) is 20.6. The molecule has 9 unspecified atom stereocenters. The molecular formula is C29H46O2. The molecule has 2 N–H and O–H groups in total. The van der Waals surface area contributed by atoms with Crippen molar-refractivity contribution in [3.63, 3.8) is 0 Å². The van der Waals surface area contributed by atoms with E-state index in [1.807, 2.05) is 6.08 Å². The Morgan fingerprint density at radius 1 is 1.10 bits per heavy atom. The lowest BCUT2D eigenvalue weighted by molar-refractivity contribution is -0.0541. The van der Waals surface area contributed by atoms with Crippen LogP contribution < -0.4 is 0 Å². The Bertz CT molecular complexity index is 750. The molecule has 9 atom stereocenters. The van der Waals surface area contributed by atoms with Crippen LogP contribution in [0.1, 0.15) is 86.0 Å². The van der Waals surface area contributed by atoms with Crippen molar-refractivity contribution < 1.29 is 10.2 Å². The third-order valence-electron chi connectivity index (χ3n) is 10.7. The van der Waals surface area contributed by atoms with Gasteiger partial charge >= 0.3 is 0 Å². The third kappa shape index (κ3) is 3.70. The van der Waals surface area contributed by atoms with Gasteiger partial charge in [0, 0.05) is 0 Å². The molecule has 0 aromatic heterocycles. The zero-order chi connectivity index (χ0) is 22.6. The minimum atomic E-state index is -0.907. The van der Waals surface area contributed by atoms with E-state index in [0.717, 1.165) is 30.6 Å². The van der Waals surface area contributed by atoms with Gasteiger partial charge in [-0.25, -0.2) is 0 Å². The second-order valence-electron chi connectivity index (χ2n) is 12.3. The first-order chi connectivity index (χ1) is 14.5. The van der Waals surface area contributed by atoms with Gasteiger partial charge in [-0.05, 0) is 97.7 Å². The summed E-state index contributed by atoms with van der Waals surface area (Å²) in [4.78, 5) is 0. The van der Waals surface area contributed by atoms with Crippen molar-refractivity contribution in [2.75, 3.05) is 0 Å². The van der Waals surface area contributed by atoms with Gasteiger partial charge in [0.25, 0.3) is 0 Å². The van der Waals surface area contributed by atoms with Gasteiger partial charge in [0.05, 0.1) is 6.10 Å². The van der Waals surface area contributed by atoms with Crippen molar-refractivity contribution in [1.82, 2.24) is 0 Å². The van der Waals surface area contributed by atoms with Crippen LogP contribution in [0.5, 0.6) is 0 Å². The Labute approximate surface area is 190 Å². The Balaban J connectivity index is 1.54. The summed E-state index contributed by atoms with van der Waals surface area (Å²) >= 11 is 0. The summed E-state index contributed by atoms with van der Waals surface area (Å²) in [6, 6.07) is 0. The van der Waals surface area contributed by atoms with Crippen LogP contribution in [0.4, 0.5) is 0 Å². The normalized spacial score (nSPS) is 45.4. The summed E-state index contributed by atoms with van der Waals surface area (Å²) in [6.07, 6.45) is 18.1. The highest BCUT2D eigenvalue weighted by Gasteiger charge is 2.59. The lowest BCUT2D eigenvalue weighted by Gasteiger charge is -2.58. The smallest absolute Gasteiger partial charge is 0.103 e. The highest BCUT2D eigenvalue weighted by molar-refractivity contribution is 5.25. The molecule has 4 aliphatic rings. The van der Waals surface area contributed by atoms with Crippen LogP contribution in [0.15, 0.2) is 36.5 Å². The maximum absolute atomic E-state index is 10.9. The first-order valence-electron chi connectivity index (χ1n) is 13.0. The number of aliphatic hydroxyl groups is 2. The summed E-state index contributed by atoms with van der Waals surface area (Å²) in [5.41, 5.74) is 1.39. The molecule has 4 aliphatic carbocycles. The third-order valence-corrected chi connectivity index (χ3v) is 10.7. The zero-order valence-electron chi connectivity index (χ0n) is 20.6. The molecule has 0 heterocycles. The average molecular weight is 427 g/mol. The first-order valence-corrected chi connectivity index (χ1v) is 13.0. The molecule has 0 amide bonds. The maximum Gasteiger partial charge on any atom is 0.103 e. The largest absolute Gasteiger partial charge is 0.393 e. The Kier molecular flexibility index (Phi) is 6.14. The summed E-state index contributed by atoms with van der Waals surface area (Å²) in [5, 5.41) is 21.1. The van der Waals surface area contributed by atoms with E-state index in [2.05, 4.69) is 53.3 Å². The quantitative estimate of drug-likeness (QED) is 0.481. The number of hydrogen-bond donors (Lipinski definition) is 2. The lowest BCUT2D eigenvalue weighted by atomic mass is 9.47. The summed E-state index contributed by atoms with van der Waals surface area (Å²) in [7, 11) is 0. The molecule has 2 heteroatoms. The Morgan fingerprint density at radius 3 is 2.52 bits per heavy atom. The second kappa shape index (κ2) is 8.17. The first kappa shape index (κ1) is 23.3. The van der Waals surface area contributed by atoms with E-state index in [9.17, 15) is 10.2 Å². The molecule has 174 valence electrons. The molecule has 0 radical (unpaired) electrons.